The molecule has 0 fully saturated rings. The molecule has 0 aliphatic heterocycles. The van der Waals surface area contributed by atoms with Crippen molar-refractivity contribution in [3.8, 4) is 0 Å². The lowest BCUT2D eigenvalue weighted by Crippen LogP contribution is -2.49. The van der Waals surface area contributed by atoms with E-state index in [0.717, 1.165) is 24.3 Å². The smallest absolute Gasteiger partial charge is 0.478 e. The number of pyridine rings is 2. The van der Waals surface area contributed by atoms with E-state index in [0.29, 0.717) is 11.1 Å². The van der Waals surface area contributed by atoms with Gasteiger partial charge in [-0.15, -0.1) is 0 Å². The number of rotatable bonds is 25. The predicted molar refractivity (Wildman–Crippen MR) is 228 cm³/mol. The van der Waals surface area contributed by atoms with E-state index in [2.05, 4.69) is 31.2 Å². The number of aromatic nitrogens is 2. The van der Waals surface area contributed by atoms with Crippen molar-refractivity contribution in [3.05, 3.63) is 129 Å². The van der Waals surface area contributed by atoms with Crippen LogP contribution in [0.2, 0.25) is 12.1 Å². The van der Waals surface area contributed by atoms with Crippen LogP contribution in [0.3, 0.4) is 0 Å². The molecule has 1 atom stereocenters. The van der Waals surface area contributed by atoms with Gasteiger partial charge in [-0.2, -0.15) is 0 Å². The summed E-state index contributed by atoms with van der Waals surface area (Å²) >= 11 is 0. The maximum Gasteiger partial charge on any atom is 0.491 e. The summed E-state index contributed by atoms with van der Waals surface area (Å²) in [5, 5.41) is 49.6. The first kappa shape index (κ1) is 50.4. The minimum absolute atomic E-state index is 0.0190. The number of benzene rings is 2. The minimum atomic E-state index is -3.47. The molecule has 4 aromatic rings. The lowest BCUT2D eigenvalue weighted by atomic mass is 9.97. The summed E-state index contributed by atoms with van der Waals surface area (Å²) < 4.78 is 23.2. The average Bonchev–Trinajstić information content (AvgIpc) is 3.31. The van der Waals surface area contributed by atoms with Gasteiger partial charge in [0, 0.05) is 77.8 Å². The number of hydrogen-bond donors (Lipinski definition) is 8. The highest BCUT2D eigenvalue weighted by atomic mass is 28.4. The van der Waals surface area contributed by atoms with Crippen LogP contribution in [-0.2, 0) is 30.5 Å². The number of carbonyl (C=O) groups is 8. The quantitative estimate of drug-likeness (QED) is 0.0340. The average molecular weight is 937 g/mol. The van der Waals surface area contributed by atoms with E-state index in [9.17, 15) is 58.8 Å². The van der Waals surface area contributed by atoms with Crippen molar-refractivity contribution in [2.75, 3.05) is 34.4 Å². The van der Waals surface area contributed by atoms with Gasteiger partial charge in [-0.1, -0.05) is 0 Å². The van der Waals surface area contributed by atoms with Crippen molar-refractivity contribution in [2.24, 2.45) is 0 Å². The lowest BCUT2D eigenvalue weighted by molar-refractivity contribution is -0.378. The minimum Gasteiger partial charge on any atom is -0.478 e. The van der Waals surface area contributed by atoms with Gasteiger partial charge in [0.15, 0.2) is 24.8 Å². The Balaban J connectivity index is 1.35. The van der Waals surface area contributed by atoms with Crippen LogP contribution in [0.15, 0.2) is 73.3 Å². The van der Waals surface area contributed by atoms with Gasteiger partial charge in [0.1, 0.15) is 0 Å². The molecule has 65 heavy (non-hydrogen) atoms. The van der Waals surface area contributed by atoms with E-state index in [1.165, 1.54) is 21.3 Å². The van der Waals surface area contributed by atoms with Crippen LogP contribution in [0, 0.1) is 0 Å². The predicted octanol–water partition coefficient (Wildman–Crippen LogP) is 1.02. The third-order valence-corrected chi connectivity index (χ3v) is 15.8. The molecule has 1 unspecified atom stereocenters. The maximum absolute atomic E-state index is 13.3. The van der Waals surface area contributed by atoms with Crippen LogP contribution in [0.5, 0.6) is 0 Å². The number of carboxylic acids is 4. The topological polar surface area (TPSA) is 331 Å². The van der Waals surface area contributed by atoms with Gasteiger partial charge < -0.3 is 59.1 Å². The number of hydrogen-bond acceptors (Lipinski definition) is 12. The van der Waals surface area contributed by atoms with Crippen molar-refractivity contribution in [2.45, 2.75) is 38.0 Å². The van der Waals surface area contributed by atoms with Gasteiger partial charge in [-0.25, -0.2) is 29.1 Å². The molecule has 2 aromatic carbocycles. The zero-order valence-electron chi connectivity index (χ0n) is 35.4. The third kappa shape index (κ3) is 13.9. The van der Waals surface area contributed by atoms with Crippen LogP contribution in [0.1, 0.15) is 107 Å². The van der Waals surface area contributed by atoms with Gasteiger partial charge in [-0.05, 0) is 54.3 Å². The molecule has 0 bridgehead atoms. The fourth-order valence-electron chi connectivity index (χ4n) is 6.33. The molecule has 10 N–H and O–H groups in total. The lowest BCUT2D eigenvalue weighted by Gasteiger charge is -2.30. The monoisotopic (exact) mass is 936 g/mol. The maximum atomic E-state index is 13.3. The van der Waals surface area contributed by atoms with E-state index in [1.54, 1.807) is 49.1 Å². The summed E-state index contributed by atoms with van der Waals surface area (Å²) in [6.45, 7) is -0.0318. The summed E-state index contributed by atoms with van der Waals surface area (Å²) in [6, 6.07) is 10.5. The highest BCUT2D eigenvalue weighted by molar-refractivity contribution is 6.69. The van der Waals surface area contributed by atoms with Crippen molar-refractivity contribution in [3.63, 3.8) is 0 Å². The number of nitrogens with one attached hydrogen (secondary N) is 6. The van der Waals surface area contributed by atoms with Crippen molar-refractivity contribution < 1.29 is 86.1 Å². The van der Waals surface area contributed by atoms with Gasteiger partial charge >= 0.3 is 42.0 Å². The number of aromatic carboxylic acids is 4. The highest BCUT2D eigenvalue weighted by Gasteiger charge is 2.41. The molecule has 22 nitrogen and oxygen atoms in total. The molecule has 0 radical (unpaired) electrons. The molecule has 4 rings (SSSR count). The van der Waals surface area contributed by atoms with Crippen LogP contribution >= 0.6 is 0 Å². The van der Waals surface area contributed by atoms with E-state index >= 15 is 0 Å². The molecule has 2 heterocycles. The number of amides is 4. The largest absolute Gasteiger partial charge is 0.491 e. The second kappa shape index (κ2) is 24.0. The van der Waals surface area contributed by atoms with Gasteiger partial charge in [0.25, 0.3) is 23.6 Å². The van der Waals surface area contributed by atoms with E-state index < -0.39 is 110 Å². The standard InChI is InChI=1S/C41H46N6O16Si2/c1-60-64(16-4-10-44-35(49)28-19-31(39(54)55)29(20-30(28)38(52)53)37(51)47-23-25-8-14-43-15-9-25)63-65(61-2,62-3)17-5-11-45-34(48)26-18-27(33(41(58)59)21-32(26)40(56)57)36(50)46-22-24-6-12-42-13-7-24/h6-9,12-15,18-21,64H,4-5,10-11,16-17,22-23H2,1-3H3,(H,44,49)(H,45,48)(H,46,50)(H,47,51)(H,52,53)(H,54,55)(H,56,57)(H,58,59)/p+2. The Morgan fingerprint density at radius 2 is 0.862 bits per heavy atom. The molecule has 344 valence electrons. The Labute approximate surface area is 373 Å². The van der Waals surface area contributed by atoms with Gasteiger partial charge in [0.2, 0.25) is 0 Å². The molecule has 24 heteroatoms. The number of H-pyrrole nitrogens is 2. The molecule has 0 spiro atoms. The number of carboxylic acid groups (broad SMARTS) is 4. The van der Waals surface area contributed by atoms with Crippen LogP contribution in [0.25, 0.3) is 0 Å². The summed E-state index contributed by atoms with van der Waals surface area (Å²) in [7, 11) is -1.93. The molecule has 0 saturated carbocycles. The van der Waals surface area contributed by atoms with Crippen molar-refractivity contribution in [1.29, 1.82) is 0 Å². The molecule has 0 aliphatic rings. The fourth-order valence-corrected chi connectivity index (χ4v) is 12.0. The highest BCUT2D eigenvalue weighted by Crippen LogP contribution is 2.22. The molecular formula is C41H48N6O16Si2+2. The summed E-state index contributed by atoms with van der Waals surface area (Å²) in [5.41, 5.74) is -2.82. The van der Waals surface area contributed by atoms with Crippen LogP contribution in [-0.4, -0.2) is 120 Å². The molecule has 0 aliphatic carbocycles. The Kier molecular flexibility index (Phi) is 18.6. The normalized spacial score (nSPS) is 11.5. The Morgan fingerprint density at radius 3 is 1.22 bits per heavy atom. The van der Waals surface area contributed by atoms with Crippen LogP contribution < -0.4 is 31.2 Å². The summed E-state index contributed by atoms with van der Waals surface area (Å²) in [6.07, 6.45) is 6.94. The molecular weight excluding hydrogens is 889 g/mol. The summed E-state index contributed by atoms with van der Waals surface area (Å²) in [5.74, 6) is -9.78. The first-order chi connectivity index (χ1) is 31.0. The van der Waals surface area contributed by atoms with Crippen molar-refractivity contribution >= 4 is 65.6 Å². The number of carbonyl (C=O) groups excluding carboxylic acids is 4. The third-order valence-electron chi connectivity index (χ3n) is 9.74. The second-order valence-electron chi connectivity index (χ2n) is 13.9. The Morgan fingerprint density at radius 1 is 0.523 bits per heavy atom. The van der Waals surface area contributed by atoms with Crippen molar-refractivity contribution in [1.82, 2.24) is 21.3 Å². The van der Waals surface area contributed by atoms with Crippen LogP contribution in [0.4, 0.5) is 0 Å². The van der Waals surface area contributed by atoms with Gasteiger partial charge in [0.05, 0.1) is 44.5 Å². The first-order valence-corrected chi connectivity index (χ1v) is 23.4. The second-order valence-corrected chi connectivity index (χ2v) is 19.5. The first-order valence-electron chi connectivity index (χ1n) is 19.7. The van der Waals surface area contributed by atoms with Gasteiger partial charge in [-0.3, -0.25) is 19.2 Å². The Bertz CT molecular complexity index is 2400. The number of aromatic amines is 2. The fraction of sp³-hybridized carbons (Fsp3) is 0.268. The zero-order chi connectivity index (χ0) is 47.7. The molecule has 0 saturated heterocycles. The Hall–Kier alpha value is -7.23. The molecule has 2 aromatic heterocycles. The van der Waals surface area contributed by atoms with E-state index in [1.807, 2.05) is 0 Å². The zero-order valence-corrected chi connectivity index (χ0v) is 37.5. The summed E-state index contributed by atoms with van der Waals surface area (Å²) in [4.78, 5) is 107. The van der Waals surface area contributed by atoms with E-state index in [4.69, 9.17) is 17.4 Å². The molecule has 4 amide bonds. The SMILES string of the molecule is CO[SiH](CCCNC(=O)c1cc(C(=O)O)c(C(=O)NCc2cc[nH+]cc2)cc1C(=O)O)O[Si](CCCNC(=O)c1cc(C(=O)NCc2cc[nH+]cc2)c(C(=O)O)cc1C(=O)O)(OC)OC. The van der Waals surface area contributed by atoms with E-state index in [-0.39, 0.29) is 51.1 Å².